The van der Waals surface area contributed by atoms with Crippen LogP contribution in [0.4, 0.5) is 0 Å². The molecule has 0 bridgehead atoms. The van der Waals surface area contributed by atoms with Gasteiger partial charge in [0.2, 0.25) is 11.6 Å². The van der Waals surface area contributed by atoms with E-state index < -0.39 is 5.63 Å². The highest BCUT2D eigenvalue weighted by Gasteiger charge is 2.17. The highest BCUT2D eigenvalue weighted by molar-refractivity contribution is 5.82. The Morgan fingerprint density at radius 2 is 1.72 bits per heavy atom. The number of benzene rings is 2. The van der Waals surface area contributed by atoms with Crippen LogP contribution in [0, 0.1) is 0 Å². The summed E-state index contributed by atoms with van der Waals surface area (Å²) in [5.74, 6) is -0.266. The van der Waals surface area contributed by atoms with Gasteiger partial charge in [-0.25, -0.2) is 4.79 Å². The molecule has 1 atom stereocenters. The van der Waals surface area contributed by atoms with Crippen LogP contribution in [0.25, 0.3) is 22.2 Å². The molecular weight excluding hydrogens is 368 g/mol. The van der Waals surface area contributed by atoms with Gasteiger partial charge in [0.25, 0.3) is 0 Å². The van der Waals surface area contributed by atoms with Crippen molar-refractivity contribution in [3.8, 4) is 23.0 Å². The van der Waals surface area contributed by atoms with E-state index in [1.807, 2.05) is 56.3 Å². The number of aromatic hydroxyl groups is 1. The molecule has 2 aromatic carbocycles. The summed E-state index contributed by atoms with van der Waals surface area (Å²) in [7, 11) is 0. The molecule has 2 heterocycles. The van der Waals surface area contributed by atoms with E-state index in [-0.39, 0.29) is 23.7 Å². The van der Waals surface area contributed by atoms with Crippen molar-refractivity contribution in [2.24, 2.45) is 0 Å². The van der Waals surface area contributed by atoms with Crippen molar-refractivity contribution >= 4 is 11.1 Å². The lowest BCUT2D eigenvalue weighted by Crippen LogP contribution is -2.07. The van der Waals surface area contributed by atoms with Gasteiger partial charge in [-0.1, -0.05) is 61.5 Å². The molecule has 1 N–H and O–H groups in total. The first kappa shape index (κ1) is 18.7. The third-order valence-corrected chi connectivity index (χ3v) is 4.80. The van der Waals surface area contributed by atoms with Gasteiger partial charge in [-0.05, 0) is 35.6 Å². The minimum atomic E-state index is -0.525. The van der Waals surface area contributed by atoms with Crippen molar-refractivity contribution in [3.63, 3.8) is 0 Å². The third kappa shape index (κ3) is 3.82. The summed E-state index contributed by atoms with van der Waals surface area (Å²) in [5, 5.41) is 10.6. The van der Waals surface area contributed by atoms with Gasteiger partial charge in [0.05, 0.1) is 0 Å². The van der Waals surface area contributed by atoms with Crippen LogP contribution in [0.5, 0.6) is 11.9 Å². The lowest BCUT2D eigenvalue weighted by molar-refractivity contribution is 0.205. The molecule has 6 nitrogen and oxygen atoms in total. The Morgan fingerprint density at radius 1 is 1.03 bits per heavy atom. The number of aromatic nitrogens is 2. The maximum atomic E-state index is 11.7. The predicted molar refractivity (Wildman–Crippen MR) is 110 cm³/mol. The summed E-state index contributed by atoms with van der Waals surface area (Å²) >= 11 is 0. The van der Waals surface area contributed by atoms with Gasteiger partial charge in [0.1, 0.15) is 11.5 Å². The lowest BCUT2D eigenvalue weighted by atomic mass is 10.0. The summed E-state index contributed by atoms with van der Waals surface area (Å²) in [6.07, 6.45) is 0.182. The maximum Gasteiger partial charge on any atom is 0.337 e. The van der Waals surface area contributed by atoms with Crippen molar-refractivity contribution < 1.29 is 14.3 Å². The van der Waals surface area contributed by atoms with Crippen molar-refractivity contribution in [2.45, 2.75) is 26.4 Å². The summed E-state index contributed by atoms with van der Waals surface area (Å²) in [6, 6.07) is 19.4. The van der Waals surface area contributed by atoms with Crippen LogP contribution in [0.15, 0.2) is 69.9 Å². The van der Waals surface area contributed by atoms with E-state index in [2.05, 4.69) is 22.1 Å². The van der Waals surface area contributed by atoms with Crippen molar-refractivity contribution in [2.75, 3.05) is 0 Å². The molecule has 0 aliphatic carbocycles. The number of hydrogen-bond donors (Lipinski definition) is 1. The van der Waals surface area contributed by atoms with E-state index in [0.717, 1.165) is 16.7 Å². The van der Waals surface area contributed by atoms with Crippen molar-refractivity contribution in [1.29, 1.82) is 0 Å². The zero-order valence-corrected chi connectivity index (χ0v) is 16.1. The summed E-state index contributed by atoms with van der Waals surface area (Å²) in [4.78, 5) is 19.9. The average Bonchev–Trinajstić information content (AvgIpc) is 2.73. The van der Waals surface area contributed by atoms with Gasteiger partial charge in [0, 0.05) is 6.07 Å². The van der Waals surface area contributed by atoms with Crippen LogP contribution in [0.3, 0.4) is 0 Å². The highest BCUT2D eigenvalue weighted by Crippen LogP contribution is 2.29. The lowest BCUT2D eigenvalue weighted by Gasteiger charge is -2.15. The highest BCUT2D eigenvalue weighted by atomic mass is 16.5. The average molecular weight is 388 g/mol. The number of rotatable bonds is 5. The molecule has 6 heteroatoms. The number of aryl methyl sites for hydroxylation is 1. The maximum absolute atomic E-state index is 11.7. The first-order chi connectivity index (χ1) is 14.0. The Balaban J connectivity index is 1.60. The Morgan fingerprint density at radius 3 is 2.41 bits per heavy atom. The minimum Gasteiger partial charge on any atom is -0.493 e. The molecule has 2 aromatic heterocycles. The van der Waals surface area contributed by atoms with Crippen LogP contribution in [-0.2, 0) is 6.42 Å². The molecule has 0 saturated carbocycles. The zero-order chi connectivity index (χ0) is 20.4. The van der Waals surface area contributed by atoms with E-state index in [9.17, 15) is 9.90 Å². The van der Waals surface area contributed by atoms with E-state index in [4.69, 9.17) is 9.15 Å². The van der Waals surface area contributed by atoms with E-state index in [1.54, 1.807) is 0 Å². The van der Waals surface area contributed by atoms with E-state index in [0.29, 0.717) is 17.4 Å². The molecule has 4 aromatic rings. The van der Waals surface area contributed by atoms with Crippen LogP contribution < -0.4 is 10.4 Å². The molecule has 29 heavy (non-hydrogen) atoms. The second kappa shape index (κ2) is 7.75. The molecule has 0 amide bonds. The first-order valence-electron chi connectivity index (χ1n) is 9.41. The van der Waals surface area contributed by atoms with Gasteiger partial charge in [0.15, 0.2) is 0 Å². The Kier molecular flexibility index (Phi) is 4.99. The van der Waals surface area contributed by atoms with Gasteiger partial charge in [-0.3, -0.25) is 0 Å². The number of nitrogens with zero attached hydrogens (tertiary/aromatic N) is 2. The largest absolute Gasteiger partial charge is 0.493 e. The second-order valence-corrected chi connectivity index (χ2v) is 6.70. The molecule has 4 rings (SSSR count). The molecule has 0 unspecified atom stereocenters. The first-order valence-corrected chi connectivity index (χ1v) is 9.41. The Hall–Kier alpha value is -3.67. The molecule has 146 valence electrons. The van der Waals surface area contributed by atoms with E-state index >= 15 is 0 Å². The SMILES string of the molecule is CCc1cc(=O)oc2nc(O[C@@H](C)c3ccc(-c4ccccc4)cc3)nc(O)c12. The molecule has 0 aliphatic rings. The fourth-order valence-corrected chi connectivity index (χ4v) is 3.24. The van der Waals surface area contributed by atoms with Gasteiger partial charge in [-0.15, -0.1) is 0 Å². The van der Waals surface area contributed by atoms with Crippen LogP contribution in [-0.4, -0.2) is 15.1 Å². The summed E-state index contributed by atoms with van der Waals surface area (Å²) < 4.78 is 10.9. The molecule has 0 saturated heterocycles. The topological polar surface area (TPSA) is 85.5 Å². The van der Waals surface area contributed by atoms with E-state index in [1.165, 1.54) is 6.07 Å². The smallest absolute Gasteiger partial charge is 0.337 e. The molecular formula is C23H20N2O4. The quantitative estimate of drug-likeness (QED) is 0.535. The molecule has 0 radical (unpaired) electrons. The minimum absolute atomic E-state index is 0.0171. The Bertz CT molecular complexity index is 1200. The summed E-state index contributed by atoms with van der Waals surface area (Å²) in [5.41, 5.74) is 3.29. The fraction of sp³-hybridized carbons (Fsp3) is 0.174. The number of fused-ring (bicyclic) bond motifs is 1. The van der Waals surface area contributed by atoms with Gasteiger partial charge in [-0.2, -0.15) is 9.97 Å². The number of ether oxygens (including phenoxy) is 1. The Labute approximate surface area is 167 Å². The van der Waals surface area contributed by atoms with Crippen LogP contribution >= 0.6 is 0 Å². The predicted octanol–water partition coefficient (Wildman–Crippen LogP) is 4.66. The van der Waals surface area contributed by atoms with Gasteiger partial charge < -0.3 is 14.3 Å². The van der Waals surface area contributed by atoms with Crippen LogP contribution in [0.2, 0.25) is 0 Å². The van der Waals surface area contributed by atoms with Crippen LogP contribution in [0.1, 0.15) is 31.1 Å². The normalized spacial score (nSPS) is 12.1. The molecule has 0 aliphatic heterocycles. The monoisotopic (exact) mass is 388 g/mol. The zero-order valence-electron chi connectivity index (χ0n) is 16.1. The fourth-order valence-electron chi connectivity index (χ4n) is 3.24. The third-order valence-electron chi connectivity index (χ3n) is 4.80. The number of hydrogen-bond acceptors (Lipinski definition) is 6. The molecule has 0 spiro atoms. The standard InChI is InChI=1S/C23H20N2O4/c1-3-15-13-19(26)29-22-20(15)21(27)24-23(25-22)28-14(2)16-9-11-18(12-10-16)17-7-5-4-6-8-17/h4-14H,3H2,1-2H3,(H,24,25,27)/t14-/m0/s1. The molecule has 0 fully saturated rings. The summed E-state index contributed by atoms with van der Waals surface area (Å²) in [6.45, 7) is 3.74. The van der Waals surface area contributed by atoms with Crippen molar-refractivity contribution in [3.05, 3.63) is 82.2 Å². The second-order valence-electron chi connectivity index (χ2n) is 6.70. The van der Waals surface area contributed by atoms with Gasteiger partial charge >= 0.3 is 11.6 Å². The van der Waals surface area contributed by atoms with Crippen molar-refractivity contribution in [1.82, 2.24) is 9.97 Å².